The predicted molar refractivity (Wildman–Crippen MR) is 76.8 cm³/mol. The van der Waals surface area contributed by atoms with Gasteiger partial charge in [-0.1, -0.05) is 11.6 Å². The van der Waals surface area contributed by atoms with E-state index in [0.717, 1.165) is 18.9 Å². The van der Waals surface area contributed by atoms with Gasteiger partial charge in [-0.2, -0.15) is 0 Å². The fourth-order valence-corrected chi connectivity index (χ4v) is 2.77. The number of carbonyl (C=O) groups excluding carboxylic acids is 1. The van der Waals surface area contributed by atoms with Crippen molar-refractivity contribution in [3.05, 3.63) is 34.6 Å². The maximum atomic E-state index is 13.0. The molecule has 0 heterocycles. The highest BCUT2D eigenvalue weighted by Crippen LogP contribution is 2.28. The molecular formula is C15H17ClFNO3. The topological polar surface area (TPSA) is 66.4 Å². The zero-order valence-electron chi connectivity index (χ0n) is 11.4. The Balaban J connectivity index is 1.82. The lowest BCUT2D eigenvalue weighted by molar-refractivity contribution is -0.143. The van der Waals surface area contributed by atoms with E-state index in [2.05, 4.69) is 5.32 Å². The summed E-state index contributed by atoms with van der Waals surface area (Å²) in [5.41, 5.74) is 0.320. The third kappa shape index (κ3) is 4.17. The molecule has 1 aromatic carbocycles. The minimum atomic E-state index is -0.738. The number of carbonyl (C=O) groups is 2. The fourth-order valence-electron chi connectivity index (χ4n) is 2.59. The Hall–Kier alpha value is -1.62. The summed E-state index contributed by atoms with van der Waals surface area (Å²) < 4.78 is 13.0. The average molecular weight is 314 g/mol. The monoisotopic (exact) mass is 313 g/mol. The minimum Gasteiger partial charge on any atom is -0.481 e. The highest BCUT2D eigenvalue weighted by atomic mass is 35.5. The molecule has 0 unspecified atom stereocenters. The van der Waals surface area contributed by atoms with Crippen LogP contribution in [0.5, 0.6) is 0 Å². The van der Waals surface area contributed by atoms with Crippen LogP contribution in [0.4, 0.5) is 4.39 Å². The van der Waals surface area contributed by atoms with Crippen molar-refractivity contribution >= 4 is 23.5 Å². The first-order chi connectivity index (χ1) is 9.97. The highest BCUT2D eigenvalue weighted by molar-refractivity contribution is 6.31. The smallest absolute Gasteiger partial charge is 0.306 e. The van der Waals surface area contributed by atoms with Crippen LogP contribution in [-0.4, -0.2) is 23.5 Å². The van der Waals surface area contributed by atoms with Gasteiger partial charge in [-0.3, -0.25) is 9.59 Å². The van der Waals surface area contributed by atoms with Crippen molar-refractivity contribution in [3.63, 3.8) is 0 Å². The SMILES string of the molecule is O=C(NCC1CCC(C(=O)O)CC1)c1ccc(F)c(Cl)c1. The third-order valence-electron chi connectivity index (χ3n) is 3.93. The van der Waals surface area contributed by atoms with Gasteiger partial charge < -0.3 is 10.4 Å². The summed E-state index contributed by atoms with van der Waals surface area (Å²) in [5.74, 6) is -1.55. The zero-order chi connectivity index (χ0) is 15.4. The fraction of sp³-hybridized carbons (Fsp3) is 0.467. The van der Waals surface area contributed by atoms with Crippen molar-refractivity contribution in [2.24, 2.45) is 11.8 Å². The molecule has 0 aromatic heterocycles. The van der Waals surface area contributed by atoms with Crippen LogP contribution in [0, 0.1) is 17.7 Å². The standard InChI is InChI=1S/C15H17ClFNO3/c16-12-7-11(5-6-13(12)17)14(19)18-8-9-1-3-10(4-2-9)15(20)21/h5-7,9-10H,1-4,8H2,(H,18,19)(H,20,21). The second-order valence-electron chi connectivity index (χ2n) is 5.39. The van der Waals surface area contributed by atoms with Crippen molar-refractivity contribution in [1.29, 1.82) is 0 Å². The molecule has 6 heteroatoms. The van der Waals surface area contributed by atoms with Crippen molar-refractivity contribution in [2.75, 3.05) is 6.54 Å². The lowest BCUT2D eigenvalue weighted by Gasteiger charge is -2.26. The van der Waals surface area contributed by atoms with Crippen LogP contribution in [-0.2, 0) is 4.79 Å². The first kappa shape index (κ1) is 15.8. The van der Waals surface area contributed by atoms with E-state index in [1.807, 2.05) is 0 Å². The predicted octanol–water partition coefficient (Wildman–Crippen LogP) is 3.10. The average Bonchev–Trinajstić information content (AvgIpc) is 2.48. The summed E-state index contributed by atoms with van der Waals surface area (Å²) >= 11 is 5.64. The second kappa shape index (κ2) is 6.89. The van der Waals surface area contributed by atoms with E-state index in [9.17, 15) is 14.0 Å². The molecule has 0 spiro atoms. The highest BCUT2D eigenvalue weighted by Gasteiger charge is 2.26. The Kier molecular flexibility index (Phi) is 5.17. The number of halogens is 2. The summed E-state index contributed by atoms with van der Waals surface area (Å²) in [6, 6.07) is 3.85. The molecule has 2 rings (SSSR count). The first-order valence-electron chi connectivity index (χ1n) is 6.93. The summed E-state index contributed by atoms with van der Waals surface area (Å²) in [5, 5.41) is 11.6. The lowest BCUT2D eigenvalue weighted by atomic mass is 9.82. The van der Waals surface area contributed by atoms with E-state index in [0.29, 0.717) is 30.9 Å². The van der Waals surface area contributed by atoms with Gasteiger partial charge in [-0.15, -0.1) is 0 Å². The first-order valence-corrected chi connectivity index (χ1v) is 7.31. The quantitative estimate of drug-likeness (QED) is 0.897. The van der Waals surface area contributed by atoms with Gasteiger partial charge in [0.15, 0.2) is 0 Å². The number of hydrogen-bond acceptors (Lipinski definition) is 2. The van der Waals surface area contributed by atoms with E-state index >= 15 is 0 Å². The molecule has 21 heavy (non-hydrogen) atoms. The molecule has 0 atom stereocenters. The largest absolute Gasteiger partial charge is 0.481 e. The molecule has 0 bridgehead atoms. The molecule has 2 N–H and O–H groups in total. The molecule has 4 nitrogen and oxygen atoms in total. The number of amides is 1. The number of rotatable bonds is 4. The normalized spacial score (nSPS) is 21.8. The number of carboxylic acid groups (broad SMARTS) is 1. The number of carboxylic acids is 1. The Morgan fingerprint density at radius 1 is 1.29 bits per heavy atom. The molecule has 1 aliphatic carbocycles. The van der Waals surface area contributed by atoms with Gasteiger partial charge in [0.05, 0.1) is 10.9 Å². The van der Waals surface area contributed by atoms with Crippen molar-refractivity contribution in [3.8, 4) is 0 Å². The molecule has 114 valence electrons. The summed E-state index contributed by atoms with van der Waals surface area (Å²) in [4.78, 5) is 22.8. The van der Waals surface area contributed by atoms with Crippen LogP contribution < -0.4 is 5.32 Å². The Bertz CT molecular complexity index is 542. The van der Waals surface area contributed by atoms with Gasteiger partial charge in [-0.05, 0) is 49.8 Å². The molecule has 0 radical (unpaired) electrons. The van der Waals surface area contributed by atoms with Crippen LogP contribution in [0.15, 0.2) is 18.2 Å². The van der Waals surface area contributed by atoms with E-state index < -0.39 is 11.8 Å². The van der Waals surface area contributed by atoms with Gasteiger partial charge in [0.2, 0.25) is 0 Å². The van der Waals surface area contributed by atoms with Gasteiger partial charge in [-0.25, -0.2) is 4.39 Å². The van der Waals surface area contributed by atoms with Crippen molar-refractivity contribution in [2.45, 2.75) is 25.7 Å². The maximum Gasteiger partial charge on any atom is 0.306 e. The summed E-state index contributed by atoms with van der Waals surface area (Å²) in [7, 11) is 0. The number of hydrogen-bond donors (Lipinski definition) is 2. The van der Waals surface area contributed by atoms with E-state index in [1.54, 1.807) is 0 Å². The molecule has 1 saturated carbocycles. The molecule has 1 aliphatic rings. The Labute approximate surface area is 127 Å². The molecule has 1 fully saturated rings. The van der Waals surface area contributed by atoms with Crippen LogP contribution in [0.1, 0.15) is 36.0 Å². The van der Waals surface area contributed by atoms with Crippen LogP contribution in [0.2, 0.25) is 5.02 Å². The van der Waals surface area contributed by atoms with Crippen molar-refractivity contribution in [1.82, 2.24) is 5.32 Å². The maximum absolute atomic E-state index is 13.0. The van der Waals surface area contributed by atoms with E-state index in [4.69, 9.17) is 16.7 Å². The third-order valence-corrected chi connectivity index (χ3v) is 4.22. The second-order valence-corrected chi connectivity index (χ2v) is 5.80. The van der Waals surface area contributed by atoms with Gasteiger partial charge >= 0.3 is 5.97 Å². The zero-order valence-corrected chi connectivity index (χ0v) is 12.2. The lowest BCUT2D eigenvalue weighted by Crippen LogP contribution is -2.32. The van der Waals surface area contributed by atoms with E-state index in [-0.39, 0.29) is 16.8 Å². The van der Waals surface area contributed by atoms with Crippen LogP contribution >= 0.6 is 11.6 Å². The summed E-state index contributed by atoms with van der Waals surface area (Å²) in [6.45, 7) is 0.500. The molecule has 0 saturated heterocycles. The molecular weight excluding hydrogens is 297 g/mol. The Morgan fingerprint density at radius 2 is 1.95 bits per heavy atom. The van der Waals surface area contributed by atoms with Crippen LogP contribution in [0.25, 0.3) is 0 Å². The number of benzene rings is 1. The van der Waals surface area contributed by atoms with Crippen LogP contribution in [0.3, 0.4) is 0 Å². The van der Waals surface area contributed by atoms with Gasteiger partial charge in [0.25, 0.3) is 5.91 Å². The van der Waals surface area contributed by atoms with E-state index in [1.165, 1.54) is 12.1 Å². The number of nitrogens with one attached hydrogen (secondary N) is 1. The summed E-state index contributed by atoms with van der Waals surface area (Å²) in [6.07, 6.45) is 2.89. The Morgan fingerprint density at radius 3 is 2.52 bits per heavy atom. The van der Waals surface area contributed by atoms with Gasteiger partial charge in [0.1, 0.15) is 5.82 Å². The van der Waals surface area contributed by atoms with Gasteiger partial charge in [0, 0.05) is 12.1 Å². The number of aliphatic carboxylic acids is 1. The molecule has 1 aromatic rings. The molecule has 0 aliphatic heterocycles. The van der Waals surface area contributed by atoms with Crippen molar-refractivity contribution < 1.29 is 19.1 Å². The minimum absolute atomic E-state index is 0.0791. The molecule has 1 amide bonds.